The van der Waals surface area contributed by atoms with E-state index < -0.39 is 0 Å². The molecule has 0 aliphatic heterocycles. The van der Waals surface area contributed by atoms with E-state index in [4.69, 9.17) is 10.5 Å². The van der Waals surface area contributed by atoms with E-state index in [1.54, 1.807) is 12.1 Å². The molecule has 3 atom stereocenters. The lowest BCUT2D eigenvalue weighted by Crippen LogP contribution is -2.39. The van der Waals surface area contributed by atoms with Crippen LogP contribution in [0.25, 0.3) is 0 Å². The van der Waals surface area contributed by atoms with E-state index in [0.717, 1.165) is 12.3 Å². The zero-order valence-corrected chi connectivity index (χ0v) is 12.4. The number of benzene rings is 1. The number of nitriles is 1. The van der Waals surface area contributed by atoms with E-state index in [0.29, 0.717) is 22.4 Å². The summed E-state index contributed by atoms with van der Waals surface area (Å²) in [7, 11) is 0. The lowest BCUT2D eigenvalue weighted by Gasteiger charge is -2.39. The van der Waals surface area contributed by atoms with Gasteiger partial charge in [0.2, 0.25) is 0 Å². The van der Waals surface area contributed by atoms with Crippen LogP contribution in [0, 0.1) is 28.1 Å². The van der Waals surface area contributed by atoms with Gasteiger partial charge in [0.25, 0.3) is 0 Å². The van der Waals surface area contributed by atoms with E-state index in [-0.39, 0.29) is 11.5 Å². The molecular formula is C17H22N2O. The summed E-state index contributed by atoms with van der Waals surface area (Å²) in [4.78, 5) is 0. The molecular weight excluding hydrogens is 248 g/mol. The third kappa shape index (κ3) is 1.64. The van der Waals surface area contributed by atoms with Crippen molar-refractivity contribution in [3.05, 3.63) is 23.8 Å². The average molecular weight is 270 g/mol. The molecule has 2 bridgehead atoms. The molecule has 2 N–H and O–H groups in total. The Morgan fingerprint density at radius 1 is 1.35 bits per heavy atom. The molecule has 1 aromatic carbocycles. The summed E-state index contributed by atoms with van der Waals surface area (Å²) in [5.74, 6) is 1.41. The van der Waals surface area contributed by atoms with Crippen LogP contribution in [0.2, 0.25) is 0 Å². The summed E-state index contributed by atoms with van der Waals surface area (Å²) in [6.07, 6.45) is 3.81. The molecule has 106 valence electrons. The molecule has 2 saturated carbocycles. The fraction of sp³-hybridized carbons (Fsp3) is 0.588. The largest absolute Gasteiger partial charge is 0.488 e. The summed E-state index contributed by atoms with van der Waals surface area (Å²) in [6.45, 7) is 7.07. The highest BCUT2D eigenvalue weighted by molar-refractivity contribution is 5.53. The Labute approximate surface area is 120 Å². The normalized spacial score (nSPS) is 33.9. The first-order valence-electron chi connectivity index (χ1n) is 7.35. The van der Waals surface area contributed by atoms with Gasteiger partial charge in [0.15, 0.2) is 0 Å². The summed E-state index contributed by atoms with van der Waals surface area (Å²) in [5.41, 5.74) is 7.39. The Morgan fingerprint density at radius 2 is 2.10 bits per heavy atom. The molecule has 0 radical (unpaired) electrons. The van der Waals surface area contributed by atoms with Gasteiger partial charge in [0.1, 0.15) is 17.9 Å². The van der Waals surface area contributed by atoms with Crippen LogP contribution in [0.3, 0.4) is 0 Å². The molecule has 0 saturated heterocycles. The van der Waals surface area contributed by atoms with Gasteiger partial charge in [0.05, 0.1) is 5.56 Å². The highest BCUT2D eigenvalue weighted by Crippen LogP contribution is 2.66. The highest BCUT2D eigenvalue weighted by Gasteiger charge is 2.62. The predicted molar refractivity (Wildman–Crippen MR) is 79.2 cm³/mol. The monoisotopic (exact) mass is 270 g/mol. The number of hydrogen-bond acceptors (Lipinski definition) is 3. The second kappa shape index (κ2) is 4.15. The van der Waals surface area contributed by atoms with E-state index in [1.807, 2.05) is 6.07 Å². The molecule has 3 unspecified atom stereocenters. The van der Waals surface area contributed by atoms with Crippen molar-refractivity contribution in [2.24, 2.45) is 16.7 Å². The first kappa shape index (κ1) is 13.3. The standard InChI is InChI=1S/C17H22N2O/c1-16(2)12-6-7-17(16,3)15(9-12)20-14-5-4-13(19)8-11(14)10-18/h4-5,8,12,15H,6-7,9,19H2,1-3H3. The van der Waals surface area contributed by atoms with Gasteiger partial charge >= 0.3 is 0 Å². The zero-order chi connectivity index (χ0) is 14.5. The van der Waals surface area contributed by atoms with Crippen molar-refractivity contribution in [1.29, 1.82) is 5.26 Å². The molecule has 2 aliphatic carbocycles. The molecule has 0 amide bonds. The molecule has 3 rings (SSSR count). The predicted octanol–water partition coefficient (Wildman–Crippen LogP) is 3.73. The number of nitrogens with zero attached hydrogens (tertiary/aromatic N) is 1. The van der Waals surface area contributed by atoms with Gasteiger partial charge in [-0.15, -0.1) is 0 Å². The summed E-state index contributed by atoms with van der Waals surface area (Å²) in [5, 5.41) is 9.23. The molecule has 0 aromatic heterocycles. The van der Waals surface area contributed by atoms with Gasteiger partial charge in [-0.2, -0.15) is 5.26 Å². The van der Waals surface area contributed by atoms with Crippen LogP contribution >= 0.6 is 0 Å². The van der Waals surface area contributed by atoms with Gasteiger partial charge in [-0.05, 0) is 48.8 Å². The van der Waals surface area contributed by atoms with E-state index in [9.17, 15) is 5.26 Å². The lowest BCUT2D eigenvalue weighted by molar-refractivity contribution is 0.0300. The van der Waals surface area contributed by atoms with Crippen molar-refractivity contribution in [3.8, 4) is 11.8 Å². The summed E-state index contributed by atoms with van der Waals surface area (Å²) < 4.78 is 6.25. The molecule has 20 heavy (non-hydrogen) atoms. The second-order valence-corrected chi connectivity index (χ2v) is 7.08. The average Bonchev–Trinajstić information content (AvgIpc) is 2.74. The van der Waals surface area contributed by atoms with Crippen molar-refractivity contribution in [3.63, 3.8) is 0 Å². The number of fused-ring (bicyclic) bond motifs is 2. The van der Waals surface area contributed by atoms with Crippen molar-refractivity contribution >= 4 is 5.69 Å². The number of hydrogen-bond donors (Lipinski definition) is 1. The van der Waals surface area contributed by atoms with Gasteiger partial charge in [-0.25, -0.2) is 0 Å². The summed E-state index contributed by atoms with van der Waals surface area (Å²) >= 11 is 0. The van der Waals surface area contributed by atoms with Crippen LogP contribution in [0.5, 0.6) is 5.75 Å². The number of nitrogens with two attached hydrogens (primary N) is 1. The van der Waals surface area contributed by atoms with Crippen molar-refractivity contribution in [1.82, 2.24) is 0 Å². The minimum atomic E-state index is 0.200. The zero-order valence-electron chi connectivity index (χ0n) is 12.4. The Bertz CT molecular complexity index is 587. The summed E-state index contributed by atoms with van der Waals surface area (Å²) in [6, 6.07) is 7.51. The Morgan fingerprint density at radius 3 is 2.65 bits per heavy atom. The minimum Gasteiger partial charge on any atom is -0.488 e. The van der Waals surface area contributed by atoms with Gasteiger partial charge in [-0.3, -0.25) is 0 Å². The van der Waals surface area contributed by atoms with Crippen molar-refractivity contribution < 1.29 is 4.74 Å². The molecule has 1 aromatic rings. The number of nitrogen functional groups attached to an aromatic ring is 1. The molecule has 3 heteroatoms. The molecule has 2 aliphatic rings. The van der Waals surface area contributed by atoms with Gasteiger partial charge in [0, 0.05) is 11.1 Å². The number of anilines is 1. The van der Waals surface area contributed by atoms with Crippen LogP contribution in [-0.4, -0.2) is 6.10 Å². The lowest BCUT2D eigenvalue weighted by atomic mass is 9.70. The van der Waals surface area contributed by atoms with Crippen LogP contribution in [0.15, 0.2) is 18.2 Å². The van der Waals surface area contributed by atoms with Crippen LogP contribution < -0.4 is 10.5 Å². The fourth-order valence-corrected chi connectivity index (χ4v) is 4.20. The molecule has 0 heterocycles. The number of ether oxygens (including phenoxy) is 1. The van der Waals surface area contributed by atoms with Gasteiger partial charge < -0.3 is 10.5 Å². The highest BCUT2D eigenvalue weighted by atomic mass is 16.5. The SMILES string of the molecule is CC1(C)C2CCC1(C)C(Oc1ccc(N)cc1C#N)C2. The fourth-order valence-electron chi connectivity index (χ4n) is 4.20. The quantitative estimate of drug-likeness (QED) is 0.833. The van der Waals surface area contributed by atoms with Crippen LogP contribution in [0.4, 0.5) is 5.69 Å². The third-order valence-corrected chi connectivity index (χ3v) is 6.11. The Balaban J connectivity index is 1.89. The third-order valence-electron chi connectivity index (χ3n) is 6.11. The topological polar surface area (TPSA) is 59.0 Å². The van der Waals surface area contributed by atoms with E-state index in [2.05, 4.69) is 26.8 Å². The first-order valence-corrected chi connectivity index (χ1v) is 7.35. The second-order valence-electron chi connectivity index (χ2n) is 7.08. The minimum absolute atomic E-state index is 0.200. The number of rotatable bonds is 2. The first-order chi connectivity index (χ1) is 9.38. The molecule has 2 fully saturated rings. The van der Waals surface area contributed by atoms with Crippen molar-refractivity contribution in [2.75, 3.05) is 5.73 Å². The molecule has 3 nitrogen and oxygen atoms in total. The van der Waals surface area contributed by atoms with Crippen LogP contribution in [0.1, 0.15) is 45.6 Å². The molecule has 0 spiro atoms. The van der Waals surface area contributed by atoms with E-state index >= 15 is 0 Å². The van der Waals surface area contributed by atoms with E-state index in [1.165, 1.54) is 12.8 Å². The smallest absolute Gasteiger partial charge is 0.137 e. The maximum absolute atomic E-state index is 9.23. The van der Waals surface area contributed by atoms with Gasteiger partial charge in [-0.1, -0.05) is 20.8 Å². The Kier molecular flexibility index (Phi) is 2.76. The maximum atomic E-state index is 9.23. The van der Waals surface area contributed by atoms with Crippen molar-refractivity contribution in [2.45, 2.75) is 46.1 Å². The maximum Gasteiger partial charge on any atom is 0.137 e. The Hall–Kier alpha value is -1.69. The van der Waals surface area contributed by atoms with Crippen LogP contribution in [-0.2, 0) is 0 Å².